The van der Waals surface area contributed by atoms with Gasteiger partial charge >= 0.3 is 0 Å². The molecule has 0 heterocycles. The summed E-state index contributed by atoms with van der Waals surface area (Å²) < 4.78 is 0. The van der Waals surface area contributed by atoms with Crippen LogP contribution in [-0.2, 0) is 0 Å². The molecule has 2 unspecified atom stereocenters. The Bertz CT molecular complexity index is 378. The number of allylic oxidation sites excluding steroid dienone is 1. The van der Waals surface area contributed by atoms with Crippen LogP contribution in [0, 0.1) is 23.7 Å². The van der Waals surface area contributed by atoms with Gasteiger partial charge in [-0.3, -0.25) is 0 Å². The molecular formula is C20H36O2. The minimum atomic E-state index is -0.942. The minimum Gasteiger partial charge on any atom is -0.386 e. The predicted octanol–water partition coefficient (Wildman–Crippen LogP) is 4.70. The van der Waals surface area contributed by atoms with Crippen LogP contribution in [0.4, 0.5) is 0 Å². The zero-order valence-corrected chi connectivity index (χ0v) is 15.4. The van der Waals surface area contributed by atoms with E-state index in [1.54, 1.807) is 19.1 Å². The average Bonchev–Trinajstić information content (AvgIpc) is 2.33. The van der Waals surface area contributed by atoms with Crippen molar-refractivity contribution in [1.29, 1.82) is 0 Å². The Hall–Kier alpha value is -0.780. The largest absolute Gasteiger partial charge is 0.386 e. The Labute approximate surface area is 138 Å². The fourth-order valence-electron chi connectivity index (χ4n) is 2.29. The summed E-state index contributed by atoms with van der Waals surface area (Å²) in [6.45, 7) is 12.3. The van der Waals surface area contributed by atoms with E-state index in [9.17, 15) is 10.2 Å². The van der Waals surface area contributed by atoms with Gasteiger partial charge in [0.1, 0.15) is 5.60 Å². The molecule has 0 aliphatic heterocycles. The highest BCUT2D eigenvalue weighted by Crippen LogP contribution is 2.18. The lowest BCUT2D eigenvalue weighted by molar-refractivity contribution is 0.0974. The second-order valence-corrected chi connectivity index (χ2v) is 7.81. The smallest absolute Gasteiger partial charge is 0.123 e. The molecule has 2 heteroatoms. The lowest BCUT2D eigenvalue weighted by atomic mass is 9.95. The molecule has 0 aliphatic rings. The number of hydrogen-bond donors (Lipinski definition) is 2. The average molecular weight is 309 g/mol. The summed E-state index contributed by atoms with van der Waals surface area (Å²) in [5.74, 6) is 7.09. The molecule has 0 radical (unpaired) electrons. The topological polar surface area (TPSA) is 40.5 Å². The molecule has 2 N–H and O–H groups in total. The van der Waals surface area contributed by atoms with Gasteiger partial charge in [0.05, 0.1) is 5.60 Å². The van der Waals surface area contributed by atoms with E-state index in [-0.39, 0.29) is 0 Å². The fraction of sp³-hybridized carbons (Fsp3) is 0.800. The minimum absolute atomic E-state index is 0.657. The third-order valence-electron chi connectivity index (χ3n) is 3.78. The molecule has 0 rings (SSSR count). The lowest BCUT2D eigenvalue weighted by Gasteiger charge is -2.19. The molecule has 0 fully saturated rings. The zero-order valence-electron chi connectivity index (χ0n) is 15.4. The van der Waals surface area contributed by atoms with E-state index in [1.807, 2.05) is 6.92 Å². The number of rotatable bonds is 9. The van der Waals surface area contributed by atoms with Crippen molar-refractivity contribution < 1.29 is 10.2 Å². The fourth-order valence-corrected chi connectivity index (χ4v) is 2.29. The molecule has 0 saturated heterocycles. The van der Waals surface area contributed by atoms with Crippen LogP contribution in [0.25, 0.3) is 0 Å². The van der Waals surface area contributed by atoms with Crippen molar-refractivity contribution in [3.63, 3.8) is 0 Å². The Kier molecular flexibility index (Phi) is 9.72. The van der Waals surface area contributed by atoms with Crippen LogP contribution in [0.1, 0.15) is 80.1 Å². The number of aliphatic hydroxyl groups is 2. The van der Waals surface area contributed by atoms with Crippen LogP contribution in [-0.4, -0.2) is 21.4 Å². The molecular weight excluding hydrogens is 272 g/mol. The summed E-state index contributed by atoms with van der Waals surface area (Å²) in [7, 11) is 0. The van der Waals surface area contributed by atoms with Crippen LogP contribution in [0.3, 0.4) is 0 Å². The highest BCUT2D eigenvalue weighted by Gasteiger charge is 2.17. The van der Waals surface area contributed by atoms with Crippen LogP contribution in [0.2, 0.25) is 0 Å². The van der Waals surface area contributed by atoms with E-state index in [0.29, 0.717) is 18.3 Å². The predicted molar refractivity (Wildman–Crippen MR) is 95.5 cm³/mol. The molecule has 22 heavy (non-hydrogen) atoms. The van der Waals surface area contributed by atoms with E-state index >= 15 is 0 Å². The van der Waals surface area contributed by atoms with Gasteiger partial charge in [-0.15, -0.1) is 0 Å². The van der Waals surface area contributed by atoms with Gasteiger partial charge in [-0.25, -0.2) is 0 Å². The van der Waals surface area contributed by atoms with Gasteiger partial charge < -0.3 is 10.2 Å². The van der Waals surface area contributed by atoms with Gasteiger partial charge in [-0.05, 0) is 57.1 Å². The first kappa shape index (κ1) is 21.2. The van der Waals surface area contributed by atoms with Crippen molar-refractivity contribution in [2.75, 3.05) is 0 Å². The summed E-state index contributed by atoms with van der Waals surface area (Å²) in [4.78, 5) is 0. The van der Waals surface area contributed by atoms with E-state index < -0.39 is 11.2 Å². The van der Waals surface area contributed by atoms with Crippen LogP contribution in [0.5, 0.6) is 0 Å². The van der Waals surface area contributed by atoms with E-state index in [0.717, 1.165) is 32.1 Å². The first-order chi connectivity index (χ1) is 10.0. The molecule has 0 aromatic heterocycles. The Morgan fingerprint density at radius 3 is 1.91 bits per heavy atom. The van der Waals surface area contributed by atoms with Gasteiger partial charge in [-0.2, -0.15) is 0 Å². The first-order valence-corrected chi connectivity index (χ1v) is 8.69. The standard InChI is InChI=1S/C20H36O2/c1-17(2)11-9-15-19(5,21)13-7-8-14-20(6,22)16-10-12-18(3)4/h7,13,17-18,21-22H,9-12,15-16H2,1-6H3. The van der Waals surface area contributed by atoms with Crippen LogP contribution >= 0.6 is 0 Å². The maximum Gasteiger partial charge on any atom is 0.123 e. The van der Waals surface area contributed by atoms with Crippen molar-refractivity contribution in [2.45, 2.75) is 91.3 Å². The third kappa shape index (κ3) is 12.9. The molecule has 2 nitrogen and oxygen atoms in total. The van der Waals surface area contributed by atoms with Crippen molar-refractivity contribution in [3.8, 4) is 11.8 Å². The molecule has 0 aromatic carbocycles. The van der Waals surface area contributed by atoms with E-state index in [2.05, 4.69) is 39.5 Å². The number of hydrogen-bond acceptors (Lipinski definition) is 2. The third-order valence-corrected chi connectivity index (χ3v) is 3.78. The van der Waals surface area contributed by atoms with Crippen molar-refractivity contribution in [3.05, 3.63) is 12.2 Å². The highest BCUT2D eigenvalue weighted by molar-refractivity contribution is 5.23. The Morgan fingerprint density at radius 2 is 1.41 bits per heavy atom. The molecule has 0 aromatic rings. The molecule has 0 aliphatic carbocycles. The highest BCUT2D eigenvalue weighted by atomic mass is 16.3. The SMILES string of the molecule is CC(C)CCCC(C)(O)C#CC=CC(C)(O)CCCC(C)C. The second kappa shape index (κ2) is 10.1. The summed E-state index contributed by atoms with van der Waals surface area (Å²) >= 11 is 0. The normalized spacial score (nSPS) is 17.4. The van der Waals surface area contributed by atoms with Crippen molar-refractivity contribution in [2.24, 2.45) is 11.8 Å². The van der Waals surface area contributed by atoms with Gasteiger partial charge in [0.25, 0.3) is 0 Å². The van der Waals surface area contributed by atoms with Crippen molar-refractivity contribution in [1.82, 2.24) is 0 Å². The molecule has 0 bridgehead atoms. The monoisotopic (exact) mass is 308 g/mol. The summed E-state index contributed by atoms with van der Waals surface area (Å²) in [5.41, 5.74) is -1.75. The Balaban J connectivity index is 4.28. The quantitative estimate of drug-likeness (QED) is 0.606. The summed E-state index contributed by atoms with van der Waals surface area (Å²) in [6.07, 6.45) is 9.07. The first-order valence-electron chi connectivity index (χ1n) is 8.69. The second-order valence-electron chi connectivity index (χ2n) is 7.81. The summed E-state index contributed by atoms with van der Waals surface area (Å²) in [5, 5.41) is 20.4. The molecule has 128 valence electrons. The lowest BCUT2D eigenvalue weighted by Crippen LogP contribution is -2.21. The maximum absolute atomic E-state index is 10.2. The van der Waals surface area contributed by atoms with E-state index in [1.165, 1.54) is 0 Å². The molecule has 0 saturated carbocycles. The van der Waals surface area contributed by atoms with Gasteiger partial charge in [0, 0.05) is 0 Å². The van der Waals surface area contributed by atoms with Gasteiger partial charge in [0.15, 0.2) is 0 Å². The Morgan fingerprint density at radius 1 is 0.909 bits per heavy atom. The van der Waals surface area contributed by atoms with Crippen LogP contribution in [0.15, 0.2) is 12.2 Å². The van der Waals surface area contributed by atoms with Gasteiger partial charge in [-0.1, -0.05) is 58.8 Å². The molecule has 0 amide bonds. The van der Waals surface area contributed by atoms with Gasteiger partial charge in [0.2, 0.25) is 0 Å². The zero-order chi connectivity index (χ0) is 17.2. The molecule has 2 atom stereocenters. The molecule has 0 spiro atoms. The van der Waals surface area contributed by atoms with Crippen molar-refractivity contribution >= 4 is 0 Å². The summed E-state index contributed by atoms with van der Waals surface area (Å²) in [6, 6.07) is 0. The van der Waals surface area contributed by atoms with E-state index in [4.69, 9.17) is 0 Å². The van der Waals surface area contributed by atoms with Crippen LogP contribution < -0.4 is 0 Å². The maximum atomic E-state index is 10.2.